The van der Waals surface area contributed by atoms with Crippen LogP contribution in [0.5, 0.6) is 5.75 Å². The summed E-state index contributed by atoms with van der Waals surface area (Å²) in [6.45, 7) is 2.22. The first kappa shape index (κ1) is 20.4. The normalized spacial score (nSPS) is 11.1. The number of methoxy groups -OCH3 is 1. The smallest absolute Gasteiger partial charge is 0.257 e. The summed E-state index contributed by atoms with van der Waals surface area (Å²) in [4.78, 5) is 21.5. The maximum absolute atomic E-state index is 12.7. The monoisotopic (exact) mass is 408 g/mol. The fraction of sp³-hybridized carbons (Fsp3) is 0.136. The zero-order valence-electron chi connectivity index (χ0n) is 16.1. The molecule has 1 amide bonds. The molecule has 0 atom stereocenters. The first-order valence-corrected chi connectivity index (χ1v) is 9.36. The summed E-state index contributed by atoms with van der Waals surface area (Å²) in [7, 11) is 1.56. The van der Waals surface area contributed by atoms with Crippen LogP contribution < -0.4 is 15.4 Å². The first-order chi connectivity index (χ1) is 14.0. The van der Waals surface area contributed by atoms with Gasteiger partial charge >= 0.3 is 0 Å². The van der Waals surface area contributed by atoms with E-state index in [1.165, 1.54) is 0 Å². The summed E-state index contributed by atoms with van der Waals surface area (Å²) >= 11 is 6.12. The maximum atomic E-state index is 12.7. The Bertz CT molecular complexity index is 1020. The molecule has 3 aromatic rings. The lowest BCUT2D eigenvalue weighted by atomic mass is 10.1. The van der Waals surface area contributed by atoms with E-state index in [9.17, 15) is 4.79 Å². The van der Waals surface area contributed by atoms with Crippen molar-refractivity contribution in [2.45, 2.75) is 13.5 Å². The number of carbonyl (C=O) groups excluding carboxylic acids is 1. The Morgan fingerprint density at radius 1 is 1.14 bits per heavy atom. The van der Waals surface area contributed by atoms with E-state index in [1.54, 1.807) is 37.6 Å². The number of aryl methyl sites for hydroxylation is 1. The second kappa shape index (κ2) is 9.71. The first-order valence-electron chi connectivity index (χ1n) is 8.98. The lowest BCUT2D eigenvalue weighted by molar-refractivity contribution is 0.0977. The van der Waals surface area contributed by atoms with Crippen molar-refractivity contribution in [1.29, 1.82) is 0 Å². The zero-order chi connectivity index (χ0) is 20.6. The van der Waals surface area contributed by atoms with Gasteiger partial charge in [-0.25, -0.2) is 4.99 Å². The number of guanidine groups is 1. The van der Waals surface area contributed by atoms with Crippen molar-refractivity contribution in [3.05, 3.63) is 88.7 Å². The van der Waals surface area contributed by atoms with E-state index in [-0.39, 0.29) is 11.9 Å². The zero-order valence-corrected chi connectivity index (χ0v) is 16.9. The quantitative estimate of drug-likeness (QED) is 0.483. The van der Waals surface area contributed by atoms with Gasteiger partial charge in [-0.15, -0.1) is 0 Å². The van der Waals surface area contributed by atoms with Crippen LogP contribution in [-0.4, -0.2) is 24.0 Å². The Morgan fingerprint density at radius 2 is 2.00 bits per heavy atom. The Labute approximate surface area is 174 Å². The van der Waals surface area contributed by atoms with Crippen LogP contribution in [0, 0.1) is 6.92 Å². The standard InChI is InChI=1S/C22H21ClN4O2/c1-15-6-5-7-16(12-15)21(28)27-22(25-14-18-8-3-4-11-24-18)26-19-13-17(23)9-10-20(19)29-2/h3-13H,14H2,1-2H3,(H2,25,26,27,28). The van der Waals surface area contributed by atoms with Crippen LogP contribution in [0.1, 0.15) is 21.6 Å². The van der Waals surface area contributed by atoms with E-state index in [1.807, 2.05) is 43.3 Å². The van der Waals surface area contributed by atoms with E-state index in [0.29, 0.717) is 28.6 Å². The molecule has 1 aromatic heterocycles. The summed E-state index contributed by atoms with van der Waals surface area (Å²) < 4.78 is 5.37. The molecule has 0 unspecified atom stereocenters. The molecule has 0 spiro atoms. The second-order valence-corrected chi connectivity index (χ2v) is 6.72. The summed E-state index contributed by atoms with van der Waals surface area (Å²) in [5, 5.41) is 6.46. The van der Waals surface area contributed by atoms with E-state index >= 15 is 0 Å². The van der Waals surface area contributed by atoms with Gasteiger partial charge in [0.25, 0.3) is 5.91 Å². The molecule has 0 bridgehead atoms. The Balaban J connectivity index is 1.87. The van der Waals surface area contributed by atoms with Crippen LogP contribution in [0.4, 0.5) is 5.69 Å². The molecule has 2 N–H and O–H groups in total. The van der Waals surface area contributed by atoms with Gasteiger partial charge in [0.2, 0.25) is 5.96 Å². The Morgan fingerprint density at radius 3 is 2.72 bits per heavy atom. The fourth-order valence-corrected chi connectivity index (χ4v) is 2.81. The Hall–Kier alpha value is -3.38. The van der Waals surface area contributed by atoms with Gasteiger partial charge in [0.15, 0.2) is 0 Å². The van der Waals surface area contributed by atoms with Crippen molar-refractivity contribution in [3.8, 4) is 5.75 Å². The molecule has 0 aliphatic carbocycles. The molecule has 2 aromatic carbocycles. The number of pyridine rings is 1. The van der Waals surface area contributed by atoms with Crippen LogP contribution in [0.25, 0.3) is 0 Å². The number of aliphatic imine (C=N–C) groups is 1. The van der Waals surface area contributed by atoms with Crippen LogP contribution in [0.3, 0.4) is 0 Å². The van der Waals surface area contributed by atoms with Gasteiger partial charge in [0, 0.05) is 16.8 Å². The molecule has 148 valence electrons. The van der Waals surface area contributed by atoms with E-state index in [0.717, 1.165) is 11.3 Å². The SMILES string of the molecule is COc1ccc(Cl)cc1NC(=NCc1ccccn1)NC(=O)c1cccc(C)c1. The van der Waals surface area contributed by atoms with E-state index in [2.05, 4.69) is 20.6 Å². The van der Waals surface area contributed by atoms with Crippen LogP contribution in [0.15, 0.2) is 71.9 Å². The maximum Gasteiger partial charge on any atom is 0.257 e. The number of anilines is 1. The number of halogens is 1. The van der Waals surface area contributed by atoms with E-state index in [4.69, 9.17) is 16.3 Å². The van der Waals surface area contributed by atoms with Gasteiger partial charge in [-0.2, -0.15) is 0 Å². The number of benzene rings is 2. The van der Waals surface area contributed by atoms with Gasteiger partial charge in [-0.3, -0.25) is 15.1 Å². The lowest BCUT2D eigenvalue weighted by Crippen LogP contribution is -2.36. The van der Waals surface area contributed by atoms with Gasteiger partial charge in [-0.1, -0.05) is 35.4 Å². The van der Waals surface area contributed by atoms with Crippen molar-refractivity contribution in [3.63, 3.8) is 0 Å². The van der Waals surface area contributed by atoms with Gasteiger partial charge in [0.1, 0.15) is 5.75 Å². The minimum Gasteiger partial charge on any atom is -0.495 e. The highest BCUT2D eigenvalue weighted by Gasteiger charge is 2.12. The van der Waals surface area contributed by atoms with Crippen molar-refractivity contribution in [2.24, 2.45) is 4.99 Å². The fourth-order valence-electron chi connectivity index (χ4n) is 2.63. The number of rotatable bonds is 5. The largest absolute Gasteiger partial charge is 0.495 e. The second-order valence-electron chi connectivity index (χ2n) is 6.28. The molecule has 3 rings (SSSR count). The van der Waals surface area contributed by atoms with Crippen LogP contribution >= 0.6 is 11.6 Å². The number of ether oxygens (including phenoxy) is 1. The third kappa shape index (κ3) is 5.80. The third-order valence-electron chi connectivity index (χ3n) is 4.05. The summed E-state index contributed by atoms with van der Waals surface area (Å²) in [5.41, 5.74) is 2.89. The minimum atomic E-state index is -0.276. The van der Waals surface area contributed by atoms with Crippen LogP contribution in [-0.2, 0) is 6.54 Å². The van der Waals surface area contributed by atoms with Crippen molar-refractivity contribution >= 4 is 29.2 Å². The van der Waals surface area contributed by atoms with Crippen LogP contribution in [0.2, 0.25) is 5.02 Å². The average molecular weight is 409 g/mol. The van der Waals surface area contributed by atoms with Gasteiger partial charge < -0.3 is 10.1 Å². The van der Waals surface area contributed by atoms with Crippen molar-refractivity contribution in [2.75, 3.05) is 12.4 Å². The topological polar surface area (TPSA) is 75.6 Å². The number of nitrogens with zero attached hydrogens (tertiary/aromatic N) is 2. The number of hydrogen-bond donors (Lipinski definition) is 2. The lowest BCUT2D eigenvalue weighted by Gasteiger charge is -2.15. The molecule has 1 heterocycles. The summed E-state index contributed by atoms with van der Waals surface area (Å²) in [6.07, 6.45) is 1.70. The number of nitrogens with one attached hydrogen (secondary N) is 2. The van der Waals surface area contributed by atoms with E-state index < -0.39 is 0 Å². The molecule has 0 radical (unpaired) electrons. The molecule has 0 saturated carbocycles. The molecule has 6 nitrogen and oxygen atoms in total. The molecule has 29 heavy (non-hydrogen) atoms. The number of aromatic nitrogens is 1. The highest BCUT2D eigenvalue weighted by molar-refractivity contribution is 6.31. The predicted molar refractivity (Wildman–Crippen MR) is 116 cm³/mol. The highest BCUT2D eigenvalue weighted by atomic mass is 35.5. The summed E-state index contributed by atoms with van der Waals surface area (Å²) in [6, 6.07) is 18.1. The van der Waals surface area contributed by atoms with Gasteiger partial charge in [-0.05, 0) is 49.4 Å². The minimum absolute atomic E-state index is 0.266. The molecular weight excluding hydrogens is 388 g/mol. The number of hydrogen-bond acceptors (Lipinski definition) is 4. The molecule has 7 heteroatoms. The predicted octanol–water partition coefficient (Wildman–Crippen LogP) is 4.45. The van der Waals surface area contributed by atoms with Gasteiger partial charge in [0.05, 0.1) is 25.0 Å². The average Bonchev–Trinajstić information content (AvgIpc) is 2.73. The van der Waals surface area contributed by atoms with Crippen molar-refractivity contribution < 1.29 is 9.53 Å². The summed E-state index contributed by atoms with van der Waals surface area (Å²) in [5.74, 6) is 0.564. The molecule has 0 saturated heterocycles. The Kier molecular flexibility index (Phi) is 6.81. The number of carbonyl (C=O) groups is 1. The van der Waals surface area contributed by atoms with Crippen molar-refractivity contribution in [1.82, 2.24) is 10.3 Å². The third-order valence-corrected chi connectivity index (χ3v) is 4.29. The molecule has 0 fully saturated rings. The highest BCUT2D eigenvalue weighted by Crippen LogP contribution is 2.27. The number of amides is 1. The molecule has 0 aliphatic heterocycles. The molecule has 0 aliphatic rings. The molecular formula is C22H21ClN4O2.